The molecule has 2 rings (SSSR count). The lowest BCUT2D eigenvalue weighted by Crippen LogP contribution is -2.00. The van der Waals surface area contributed by atoms with Crippen LogP contribution in [0.15, 0.2) is 36.4 Å². The highest BCUT2D eigenvalue weighted by atomic mass is 79.9. The lowest BCUT2D eigenvalue weighted by atomic mass is 10.1. The monoisotopic (exact) mass is 316 g/mol. The van der Waals surface area contributed by atoms with E-state index in [2.05, 4.69) is 27.0 Å². The third kappa shape index (κ3) is 3.55. The van der Waals surface area contributed by atoms with Crippen LogP contribution in [0.4, 0.5) is 0 Å². The Hall–Kier alpha value is -1.86. The summed E-state index contributed by atoms with van der Waals surface area (Å²) < 4.78 is 5.77. The number of hydrogen-bond acceptors (Lipinski definition) is 3. The summed E-state index contributed by atoms with van der Waals surface area (Å²) >= 11 is 3.41. The van der Waals surface area contributed by atoms with E-state index < -0.39 is 0 Å². The van der Waals surface area contributed by atoms with Gasteiger partial charge in [0.1, 0.15) is 12.4 Å². The van der Waals surface area contributed by atoms with Crippen LogP contribution in [0.25, 0.3) is 0 Å². The molecule has 0 aliphatic carbocycles. The van der Waals surface area contributed by atoms with E-state index in [-0.39, 0.29) is 0 Å². The van der Waals surface area contributed by atoms with Crippen molar-refractivity contribution in [3.63, 3.8) is 0 Å². The number of alkyl halides is 1. The number of ether oxygens (including phenoxy) is 1. The average Bonchev–Trinajstić information content (AvgIpc) is 2.46. The van der Waals surface area contributed by atoms with E-state index in [0.29, 0.717) is 17.5 Å². The molecule has 0 N–H and O–H groups in total. The number of aryl methyl sites for hydroxylation is 1. The summed E-state index contributed by atoms with van der Waals surface area (Å²) in [6, 6.07) is 13.3. The SMILES string of the molecule is Cc1ccc(OCc2ccc(C#N)cc2)c(CBr)n1. The van der Waals surface area contributed by atoms with Crippen molar-refractivity contribution < 1.29 is 4.74 Å². The third-order valence-electron chi connectivity index (χ3n) is 2.68. The Bertz CT molecular complexity index is 603. The predicted molar refractivity (Wildman–Crippen MR) is 77.1 cm³/mol. The number of nitriles is 1. The molecule has 19 heavy (non-hydrogen) atoms. The lowest BCUT2D eigenvalue weighted by Gasteiger charge is -2.10. The van der Waals surface area contributed by atoms with Gasteiger partial charge in [-0.05, 0) is 36.8 Å². The van der Waals surface area contributed by atoms with Crippen LogP contribution in [0, 0.1) is 18.3 Å². The molecular weight excluding hydrogens is 304 g/mol. The van der Waals surface area contributed by atoms with Crippen molar-refractivity contribution in [3.05, 3.63) is 58.9 Å². The number of aromatic nitrogens is 1. The van der Waals surface area contributed by atoms with Gasteiger partial charge >= 0.3 is 0 Å². The van der Waals surface area contributed by atoms with Crippen molar-refractivity contribution in [1.82, 2.24) is 4.98 Å². The van der Waals surface area contributed by atoms with Crippen LogP contribution in [-0.4, -0.2) is 4.98 Å². The highest BCUT2D eigenvalue weighted by Gasteiger charge is 2.05. The first-order valence-electron chi connectivity index (χ1n) is 5.87. The highest BCUT2D eigenvalue weighted by Crippen LogP contribution is 2.20. The molecule has 0 amide bonds. The van der Waals surface area contributed by atoms with Crippen molar-refractivity contribution in [3.8, 4) is 11.8 Å². The fraction of sp³-hybridized carbons (Fsp3) is 0.200. The quantitative estimate of drug-likeness (QED) is 0.807. The molecule has 0 bridgehead atoms. The molecule has 4 heteroatoms. The Morgan fingerprint density at radius 2 is 1.95 bits per heavy atom. The minimum atomic E-state index is 0.469. The number of nitrogens with zero attached hydrogens (tertiary/aromatic N) is 2. The predicted octanol–water partition coefficient (Wildman–Crippen LogP) is 3.74. The van der Waals surface area contributed by atoms with Gasteiger partial charge in [-0.1, -0.05) is 28.1 Å². The van der Waals surface area contributed by atoms with Crippen molar-refractivity contribution >= 4 is 15.9 Å². The Morgan fingerprint density at radius 1 is 1.21 bits per heavy atom. The first-order valence-corrected chi connectivity index (χ1v) is 6.99. The standard InChI is InChI=1S/C15H13BrN2O/c1-11-2-7-15(14(8-16)18-11)19-10-13-5-3-12(9-17)4-6-13/h2-7H,8,10H2,1H3. The summed E-state index contributed by atoms with van der Waals surface area (Å²) in [6.07, 6.45) is 0. The van der Waals surface area contributed by atoms with E-state index in [4.69, 9.17) is 10.00 Å². The molecule has 1 aromatic heterocycles. The number of halogens is 1. The lowest BCUT2D eigenvalue weighted by molar-refractivity contribution is 0.302. The molecule has 0 unspecified atom stereocenters. The third-order valence-corrected chi connectivity index (χ3v) is 3.21. The molecule has 0 aliphatic rings. The molecule has 0 saturated carbocycles. The zero-order chi connectivity index (χ0) is 13.7. The number of benzene rings is 1. The summed E-state index contributed by atoms with van der Waals surface area (Å²) in [5.41, 5.74) is 3.55. The molecule has 2 aromatic rings. The van der Waals surface area contributed by atoms with Gasteiger partial charge in [0.25, 0.3) is 0 Å². The molecule has 96 valence electrons. The zero-order valence-corrected chi connectivity index (χ0v) is 12.1. The zero-order valence-electron chi connectivity index (χ0n) is 10.6. The maximum atomic E-state index is 8.74. The summed E-state index contributed by atoms with van der Waals surface area (Å²) in [5, 5.41) is 9.40. The first-order chi connectivity index (χ1) is 9.22. The van der Waals surface area contributed by atoms with Crippen molar-refractivity contribution in [1.29, 1.82) is 5.26 Å². The second-order valence-electron chi connectivity index (χ2n) is 4.13. The number of pyridine rings is 1. The Balaban J connectivity index is 2.07. The Morgan fingerprint density at radius 3 is 2.58 bits per heavy atom. The molecule has 0 fully saturated rings. The van der Waals surface area contributed by atoms with Crippen molar-refractivity contribution in [2.45, 2.75) is 18.9 Å². The number of hydrogen-bond donors (Lipinski definition) is 0. The van der Waals surface area contributed by atoms with Gasteiger partial charge in [-0.25, -0.2) is 0 Å². The fourth-order valence-electron chi connectivity index (χ4n) is 1.66. The van der Waals surface area contributed by atoms with Gasteiger partial charge in [-0.3, -0.25) is 4.98 Å². The summed E-state index contributed by atoms with van der Waals surface area (Å²) in [6.45, 7) is 2.42. The van der Waals surface area contributed by atoms with E-state index in [0.717, 1.165) is 22.7 Å². The molecule has 0 saturated heterocycles. The minimum absolute atomic E-state index is 0.469. The second-order valence-corrected chi connectivity index (χ2v) is 4.69. The molecule has 0 spiro atoms. The molecule has 3 nitrogen and oxygen atoms in total. The van der Waals surface area contributed by atoms with Crippen LogP contribution in [0.5, 0.6) is 5.75 Å². The van der Waals surface area contributed by atoms with Gasteiger partial charge in [0.2, 0.25) is 0 Å². The Kier molecular flexibility index (Phi) is 4.53. The van der Waals surface area contributed by atoms with Crippen LogP contribution in [-0.2, 0) is 11.9 Å². The fourth-order valence-corrected chi connectivity index (χ4v) is 2.06. The molecule has 0 radical (unpaired) electrons. The van der Waals surface area contributed by atoms with Gasteiger partial charge < -0.3 is 4.74 Å². The molecule has 0 aliphatic heterocycles. The molecule has 0 atom stereocenters. The van der Waals surface area contributed by atoms with Crippen LogP contribution < -0.4 is 4.74 Å². The first kappa shape index (κ1) is 13.6. The van der Waals surface area contributed by atoms with E-state index in [9.17, 15) is 0 Å². The van der Waals surface area contributed by atoms with Gasteiger partial charge in [0, 0.05) is 11.0 Å². The average molecular weight is 317 g/mol. The maximum Gasteiger partial charge on any atom is 0.142 e. The molecular formula is C15H13BrN2O. The van der Waals surface area contributed by atoms with Crippen LogP contribution >= 0.6 is 15.9 Å². The summed E-state index contributed by atoms with van der Waals surface area (Å²) in [7, 11) is 0. The topological polar surface area (TPSA) is 45.9 Å². The number of rotatable bonds is 4. The normalized spacial score (nSPS) is 9.95. The second kappa shape index (κ2) is 6.35. The Labute approximate surface area is 121 Å². The van der Waals surface area contributed by atoms with Crippen molar-refractivity contribution in [2.75, 3.05) is 0 Å². The van der Waals surface area contributed by atoms with Gasteiger partial charge in [0.05, 0.1) is 17.3 Å². The molecule has 1 aromatic carbocycles. The molecule has 1 heterocycles. The van der Waals surface area contributed by atoms with E-state index in [1.165, 1.54) is 0 Å². The van der Waals surface area contributed by atoms with Crippen LogP contribution in [0.1, 0.15) is 22.5 Å². The van der Waals surface area contributed by atoms with Crippen LogP contribution in [0.2, 0.25) is 0 Å². The maximum absolute atomic E-state index is 8.74. The smallest absolute Gasteiger partial charge is 0.142 e. The minimum Gasteiger partial charge on any atom is -0.487 e. The van der Waals surface area contributed by atoms with E-state index in [1.54, 1.807) is 12.1 Å². The van der Waals surface area contributed by atoms with Gasteiger partial charge in [-0.2, -0.15) is 5.26 Å². The van der Waals surface area contributed by atoms with Gasteiger partial charge in [0.15, 0.2) is 0 Å². The van der Waals surface area contributed by atoms with Crippen molar-refractivity contribution in [2.24, 2.45) is 0 Å². The highest BCUT2D eigenvalue weighted by molar-refractivity contribution is 9.08. The van der Waals surface area contributed by atoms with E-state index in [1.807, 2.05) is 31.2 Å². The van der Waals surface area contributed by atoms with E-state index >= 15 is 0 Å². The summed E-state index contributed by atoms with van der Waals surface area (Å²) in [5.74, 6) is 0.784. The van der Waals surface area contributed by atoms with Gasteiger partial charge in [-0.15, -0.1) is 0 Å². The largest absolute Gasteiger partial charge is 0.487 e. The van der Waals surface area contributed by atoms with Crippen LogP contribution in [0.3, 0.4) is 0 Å². The summed E-state index contributed by atoms with van der Waals surface area (Å²) in [4.78, 5) is 4.42.